The van der Waals surface area contributed by atoms with Gasteiger partial charge >= 0.3 is 0 Å². The third kappa shape index (κ3) is 9.88. The third-order valence-electron chi connectivity index (χ3n) is 1.51. The maximum Gasteiger partial charge on any atom is 0.0431 e. The van der Waals surface area contributed by atoms with Gasteiger partial charge in [-0.15, -0.1) is 0 Å². The fourth-order valence-electron chi connectivity index (χ4n) is 0.893. The SMILES string of the molecule is CN(C)NCCCCCCO. The van der Waals surface area contributed by atoms with Crippen LogP contribution in [0.2, 0.25) is 0 Å². The molecule has 3 heteroatoms. The maximum atomic E-state index is 8.49. The minimum atomic E-state index is 0.334. The van der Waals surface area contributed by atoms with Gasteiger partial charge in [-0.3, -0.25) is 10.4 Å². The molecule has 0 rings (SSSR count). The van der Waals surface area contributed by atoms with E-state index < -0.39 is 0 Å². The van der Waals surface area contributed by atoms with Crippen molar-refractivity contribution in [3.8, 4) is 0 Å². The van der Waals surface area contributed by atoms with Crippen LogP contribution in [0.3, 0.4) is 0 Å². The molecule has 0 spiro atoms. The molecule has 2 N–H and O–H groups in total. The Kier molecular flexibility index (Phi) is 7.89. The predicted octanol–water partition coefficient (Wildman–Crippen LogP) is 0.605. The first kappa shape index (κ1) is 10.9. The summed E-state index contributed by atoms with van der Waals surface area (Å²) in [6.07, 6.45) is 4.49. The molecule has 3 nitrogen and oxygen atoms in total. The predicted molar refractivity (Wildman–Crippen MR) is 47.2 cm³/mol. The molecule has 68 valence electrons. The van der Waals surface area contributed by atoms with Crippen LogP contribution >= 0.6 is 0 Å². The highest BCUT2D eigenvalue weighted by Crippen LogP contribution is 1.97. The van der Waals surface area contributed by atoms with Gasteiger partial charge < -0.3 is 5.11 Å². The number of aliphatic hydroxyl groups excluding tert-OH is 1. The van der Waals surface area contributed by atoms with Crippen LogP contribution in [0.25, 0.3) is 0 Å². The first-order chi connectivity index (χ1) is 5.27. The van der Waals surface area contributed by atoms with Crippen LogP contribution in [-0.4, -0.2) is 37.4 Å². The molecule has 0 atom stereocenters. The normalized spacial score (nSPS) is 10.9. The quantitative estimate of drug-likeness (QED) is 0.423. The molecule has 0 saturated heterocycles. The zero-order chi connectivity index (χ0) is 8.53. The van der Waals surface area contributed by atoms with Crippen LogP contribution in [0.5, 0.6) is 0 Å². The van der Waals surface area contributed by atoms with Crippen molar-refractivity contribution in [3.05, 3.63) is 0 Å². The zero-order valence-electron chi connectivity index (χ0n) is 7.64. The molecule has 0 aromatic rings. The van der Waals surface area contributed by atoms with E-state index in [1.54, 1.807) is 0 Å². The second kappa shape index (κ2) is 7.98. The van der Waals surface area contributed by atoms with Gasteiger partial charge in [-0.25, -0.2) is 0 Å². The number of hydrogen-bond donors (Lipinski definition) is 2. The zero-order valence-corrected chi connectivity index (χ0v) is 7.64. The molecule has 0 radical (unpaired) electrons. The summed E-state index contributed by atoms with van der Waals surface area (Å²) in [4.78, 5) is 0. The summed E-state index contributed by atoms with van der Waals surface area (Å²) >= 11 is 0. The molecule has 0 aromatic carbocycles. The van der Waals surface area contributed by atoms with Gasteiger partial charge in [0.15, 0.2) is 0 Å². The largest absolute Gasteiger partial charge is 0.396 e. The Morgan fingerprint density at radius 1 is 1.09 bits per heavy atom. The maximum absolute atomic E-state index is 8.49. The van der Waals surface area contributed by atoms with Crippen molar-refractivity contribution in [2.75, 3.05) is 27.2 Å². The summed E-state index contributed by atoms with van der Waals surface area (Å²) in [5.41, 5.74) is 3.19. The van der Waals surface area contributed by atoms with Crippen LogP contribution in [-0.2, 0) is 0 Å². The molecule has 0 amide bonds. The molecule has 0 aliphatic carbocycles. The highest BCUT2D eigenvalue weighted by molar-refractivity contribution is 4.44. The van der Waals surface area contributed by atoms with E-state index in [1.807, 2.05) is 19.1 Å². The number of rotatable bonds is 7. The summed E-state index contributed by atoms with van der Waals surface area (Å²) in [5, 5.41) is 10.5. The second-order valence-corrected chi connectivity index (χ2v) is 2.94. The van der Waals surface area contributed by atoms with Gasteiger partial charge in [0.2, 0.25) is 0 Å². The Bertz CT molecular complexity index is 76.5. The molecule has 0 aliphatic heterocycles. The van der Waals surface area contributed by atoms with Crippen molar-refractivity contribution >= 4 is 0 Å². The Morgan fingerprint density at radius 2 is 1.73 bits per heavy atom. The number of unbranched alkanes of at least 4 members (excludes halogenated alkanes) is 3. The molecule has 0 bridgehead atoms. The van der Waals surface area contributed by atoms with Crippen molar-refractivity contribution in [2.45, 2.75) is 25.7 Å². The summed E-state index contributed by atoms with van der Waals surface area (Å²) in [6, 6.07) is 0. The summed E-state index contributed by atoms with van der Waals surface area (Å²) in [6.45, 7) is 1.37. The first-order valence-corrected chi connectivity index (χ1v) is 4.29. The van der Waals surface area contributed by atoms with Crippen LogP contribution in [0.4, 0.5) is 0 Å². The lowest BCUT2D eigenvalue weighted by Gasteiger charge is -2.10. The fourth-order valence-corrected chi connectivity index (χ4v) is 0.893. The van der Waals surface area contributed by atoms with E-state index in [1.165, 1.54) is 12.8 Å². The van der Waals surface area contributed by atoms with Crippen LogP contribution < -0.4 is 5.43 Å². The topological polar surface area (TPSA) is 35.5 Å². The van der Waals surface area contributed by atoms with Crippen molar-refractivity contribution in [3.63, 3.8) is 0 Å². The minimum absolute atomic E-state index is 0.334. The van der Waals surface area contributed by atoms with E-state index in [9.17, 15) is 0 Å². The average Bonchev–Trinajstić information content (AvgIpc) is 1.96. The standard InChI is InChI=1S/C8H20N2O/c1-10(2)9-7-5-3-4-6-8-11/h9,11H,3-8H2,1-2H3. The van der Waals surface area contributed by atoms with E-state index in [4.69, 9.17) is 5.11 Å². The number of aliphatic hydroxyl groups is 1. The van der Waals surface area contributed by atoms with Gasteiger partial charge in [0, 0.05) is 27.2 Å². The smallest absolute Gasteiger partial charge is 0.0431 e. The molecular weight excluding hydrogens is 140 g/mol. The van der Waals surface area contributed by atoms with E-state index in [-0.39, 0.29) is 0 Å². The Hall–Kier alpha value is -0.120. The van der Waals surface area contributed by atoms with Gasteiger partial charge in [-0.1, -0.05) is 12.8 Å². The van der Waals surface area contributed by atoms with Gasteiger partial charge in [-0.2, -0.15) is 0 Å². The van der Waals surface area contributed by atoms with E-state index in [0.717, 1.165) is 19.4 Å². The molecule has 11 heavy (non-hydrogen) atoms. The molecule has 0 aliphatic rings. The van der Waals surface area contributed by atoms with Crippen molar-refractivity contribution in [1.29, 1.82) is 0 Å². The Labute approximate surface area is 69.4 Å². The molecular formula is C8H20N2O. The number of hydrogen-bond acceptors (Lipinski definition) is 3. The summed E-state index contributed by atoms with van der Waals surface area (Å²) < 4.78 is 0. The van der Waals surface area contributed by atoms with Gasteiger partial charge in [-0.05, 0) is 12.8 Å². The van der Waals surface area contributed by atoms with E-state index in [2.05, 4.69) is 5.43 Å². The Morgan fingerprint density at radius 3 is 2.27 bits per heavy atom. The average molecular weight is 160 g/mol. The van der Waals surface area contributed by atoms with Gasteiger partial charge in [0.05, 0.1) is 0 Å². The van der Waals surface area contributed by atoms with Crippen molar-refractivity contribution in [1.82, 2.24) is 10.4 Å². The van der Waals surface area contributed by atoms with E-state index in [0.29, 0.717) is 6.61 Å². The van der Waals surface area contributed by atoms with Gasteiger partial charge in [0.1, 0.15) is 0 Å². The van der Waals surface area contributed by atoms with Crippen molar-refractivity contribution < 1.29 is 5.11 Å². The summed E-state index contributed by atoms with van der Waals surface area (Å²) in [7, 11) is 3.99. The first-order valence-electron chi connectivity index (χ1n) is 4.29. The van der Waals surface area contributed by atoms with Crippen LogP contribution in [0.1, 0.15) is 25.7 Å². The van der Waals surface area contributed by atoms with Crippen LogP contribution in [0.15, 0.2) is 0 Å². The molecule has 0 aromatic heterocycles. The van der Waals surface area contributed by atoms with Crippen LogP contribution in [0, 0.1) is 0 Å². The monoisotopic (exact) mass is 160 g/mol. The number of hydrazine groups is 1. The highest BCUT2D eigenvalue weighted by Gasteiger charge is 1.89. The summed E-state index contributed by atoms with van der Waals surface area (Å²) in [5.74, 6) is 0. The third-order valence-corrected chi connectivity index (χ3v) is 1.51. The molecule has 0 unspecified atom stereocenters. The molecule has 0 heterocycles. The lowest BCUT2D eigenvalue weighted by molar-refractivity contribution is 0.273. The highest BCUT2D eigenvalue weighted by atomic mass is 16.2. The number of nitrogens with one attached hydrogen (secondary N) is 1. The van der Waals surface area contributed by atoms with E-state index >= 15 is 0 Å². The lowest BCUT2D eigenvalue weighted by Crippen LogP contribution is -2.30. The van der Waals surface area contributed by atoms with Crippen molar-refractivity contribution in [2.24, 2.45) is 0 Å². The molecule has 0 fully saturated rings. The Balaban J connectivity index is 2.80. The molecule has 0 saturated carbocycles. The minimum Gasteiger partial charge on any atom is -0.396 e. The lowest BCUT2D eigenvalue weighted by atomic mass is 10.2. The second-order valence-electron chi connectivity index (χ2n) is 2.94. The number of nitrogens with zero attached hydrogens (tertiary/aromatic N) is 1. The fraction of sp³-hybridized carbons (Fsp3) is 1.00. The van der Waals surface area contributed by atoms with Gasteiger partial charge in [0.25, 0.3) is 0 Å².